The number of benzene rings is 2. The normalized spacial score (nSPS) is 24.4. The molecule has 2 heterocycles. The minimum atomic E-state index is -1.12. The molecule has 2 aromatic carbocycles. The van der Waals surface area contributed by atoms with Gasteiger partial charge in [-0.2, -0.15) is 0 Å². The Hall–Kier alpha value is -2.80. The van der Waals surface area contributed by atoms with Gasteiger partial charge in [-0.05, 0) is 23.6 Å². The van der Waals surface area contributed by atoms with E-state index in [9.17, 15) is 18.4 Å². The zero-order chi connectivity index (χ0) is 19.8. The lowest BCUT2D eigenvalue weighted by Gasteiger charge is -2.30. The molecule has 0 radical (unpaired) electrons. The first-order valence-electron chi connectivity index (χ1n) is 9.26. The summed E-state index contributed by atoms with van der Waals surface area (Å²) in [6.07, 6.45) is 0. The van der Waals surface area contributed by atoms with E-state index < -0.39 is 17.5 Å². The van der Waals surface area contributed by atoms with Crippen molar-refractivity contribution >= 4 is 11.8 Å². The molecule has 2 N–H and O–H groups in total. The van der Waals surface area contributed by atoms with Crippen molar-refractivity contribution in [3.63, 3.8) is 0 Å². The number of halogens is 2. The lowest BCUT2D eigenvalue weighted by molar-refractivity contribution is -0.119. The van der Waals surface area contributed by atoms with Gasteiger partial charge in [-0.1, -0.05) is 36.4 Å². The predicted molar refractivity (Wildman–Crippen MR) is 99.2 cm³/mol. The fraction of sp³-hybridized carbons (Fsp3) is 0.333. The highest BCUT2D eigenvalue weighted by atomic mass is 19.2. The monoisotopic (exact) mass is 385 g/mol. The fourth-order valence-electron chi connectivity index (χ4n) is 4.60. The van der Waals surface area contributed by atoms with Crippen molar-refractivity contribution in [2.45, 2.75) is 6.04 Å². The summed E-state index contributed by atoms with van der Waals surface area (Å²) < 4.78 is 27.9. The topological polar surface area (TPSA) is 66.6 Å². The van der Waals surface area contributed by atoms with Crippen molar-refractivity contribution in [3.8, 4) is 0 Å². The van der Waals surface area contributed by atoms with Gasteiger partial charge in [0.05, 0.1) is 18.2 Å². The summed E-state index contributed by atoms with van der Waals surface area (Å²) in [5.41, 5.74) is 6.02. The molecule has 5 nitrogen and oxygen atoms in total. The second-order valence-electron chi connectivity index (χ2n) is 7.50. The van der Waals surface area contributed by atoms with Gasteiger partial charge in [0.2, 0.25) is 5.91 Å². The van der Waals surface area contributed by atoms with Crippen LogP contribution in [0.3, 0.4) is 0 Å². The van der Waals surface area contributed by atoms with Gasteiger partial charge in [0.15, 0.2) is 11.6 Å². The predicted octanol–water partition coefficient (Wildman–Crippen LogP) is 2.20. The van der Waals surface area contributed by atoms with E-state index in [4.69, 9.17) is 5.73 Å². The van der Waals surface area contributed by atoms with Crippen molar-refractivity contribution < 1.29 is 18.4 Å². The molecule has 0 bridgehead atoms. The van der Waals surface area contributed by atoms with Gasteiger partial charge in [0.1, 0.15) is 0 Å². The van der Waals surface area contributed by atoms with Crippen molar-refractivity contribution in [3.05, 3.63) is 71.3 Å². The minimum Gasteiger partial charge on any atom is -0.369 e. The van der Waals surface area contributed by atoms with Gasteiger partial charge in [-0.25, -0.2) is 8.78 Å². The third-order valence-electron chi connectivity index (χ3n) is 5.70. The Kier molecular flexibility index (Phi) is 4.85. The van der Waals surface area contributed by atoms with E-state index in [0.717, 1.165) is 11.6 Å². The van der Waals surface area contributed by atoms with E-state index in [-0.39, 0.29) is 35.9 Å². The zero-order valence-corrected chi connectivity index (χ0v) is 15.2. The SMILES string of the molecule is NC(=O)CN1C[C@H]2CN(C(=O)c3cccc(F)c3F)[C@H](c3ccccc3)[C@H]2C1. The van der Waals surface area contributed by atoms with Gasteiger partial charge in [-0.15, -0.1) is 0 Å². The highest BCUT2D eigenvalue weighted by molar-refractivity contribution is 5.95. The summed E-state index contributed by atoms with van der Waals surface area (Å²) in [6, 6.07) is 12.9. The number of amides is 2. The first-order chi connectivity index (χ1) is 13.5. The Morgan fingerprint density at radius 2 is 1.75 bits per heavy atom. The third-order valence-corrected chi connectivity index (χ3v) is 5.70. The summed E-state index contributed by atoms with van der Waals surface area (Å²) in [6.45, 7) is 1.88. The first kappa shape index (κ1) is 18.6. The summed E-state index contributed by atoms with van der Waals surface area (Å²) in [7, 11) is 0. The van der Waals surface area contributed by atoms with Gasteiger partial charge in [0.25, 0.3) is 5.91 Å². The Balaban J connectivity index is 1.67. The first-order valence-corrected chi connectivity index (χ1v) is 9.26. The quantitative estimate of drug-likeness (QED) is 0.878. The number of primary amides is 1. The molecular formula is C21H21F2N3O2. The molecular weight excluding hydrogens is 364 g/mol. The van der Waals surface area contributed by atoms with E-state index >= 15 is 0 Å². The van der Waals surface area contributed by atoms with Crippen LogP contribution in [0.2, 0.25) is 0 Å². The number of carbonyl (C=O) groups excluding carboxylic acids is 2. The van der Waals surface area contributed by atoms with E-state index in [0.29, 0.717) is 19.6 Å². The van der Waals surface area contributed by atoms with Crippen molar-refractivity contribution in [1.29, 1.82) is 0 Å². The molecule has 28 heavy (non-hydrogen) atoms. The summed E-state index contributed by atoms with van der Waals surface area (Å²) in [5, 5.41) is 0. The maximum absolute atomic E-state index is 14.2. The molecule has 2 fully saturated rings. The average Bonchev–Trinajstić information content (AvgIpc) is 3.20. The van der Waals surface area contributed by atoms with Gasteiger partial charge in [0, 0.05) is 25.6 Å². The number of fused-ring (bicyclic) bond motifs is 1. The summed E-state index contributed by atoms with van der Waals surface area (Å²) in [5.74, 6) is -2.80. The number of rotatable bonds is 4. The zero-order valence-electron chi connectivity index (χ0n) is 15.2. The molecule has 7 heteroatoms. The molecule has 0 unspecified atom stereocenters. The highest BCUT2D eigenvalue weighted by Gasteiger charge is 2.49. The maximum atomic E-state index is 14.2. The smallest absolute Gasteiger partial charge is 0.257 e. The Morgan fingerprint density at radius 1 is 1.00 bits per heavy atom. The van der Waals surface area contributed by atoms with Crippen molar-refractivity contribution in [1.82, 2.24) is 9.80 Å². The second-order valence-corrected chi connectivity index (χ2v) is 7.50. The minimum absolute atomic E-state index is 0.0994. The van der Waals surface area contributed by atoms with Crippen LogP contribution >= 0.6 is 0 Å². The van der Waals surface area contributed by atoms with Gasteiger partial charge >= 0.3 is 0 Å². The van der Waals surface area contributed by atoms with Crippen LogP contribution in [0.15, 0.2) is 48.5 Å². The number of nitrogens with zero attached hydrogens (tertiary/aromatic N) is 2. The van der Waals surface area contributed by atoms with Gasteiger partial charge < -0.3 is 10.6 Å². The Labute approximate surface area is 161 Å². The molecule has 2 aromatic rings. The Morgan fingerprint density at radius 3 is 2.46 bits per heavy atom. The van der Waals surface area contributed by atoms with Crippen LogP contribution in [0.4, 0.5) is 8.78 Å². The van der Waals surface area contributed by atoms with Crippen molar-refractivity contribution in [2.24, 2.45) is 17.6 Å². The molecule has 0 saturated carbocycles. The van der Waals surface area contributed by atoms with Crippen LogP contribution < -0.4 is 5.73 Å². The van der Waals surface area contributed by atoms with E-state index in [2.05, 4.69) is 0 Å². The molecule has 0 aromatic heterocycles. The van der Waals surface area contributed by atoms with Crippen LogP contribution in [0.25, 0.3) is 0 Å². The number of carbonyl (C=O) groups is 2. The fourth-order valence-corrected chi connectivity index (χ4v) is 4.60. The number of hydrogen-bond acceptors (Lipinski definition) is 3. The van der Waals surface area contributed by atoms with Crippen LogP contribution in [0, 0.1) is 23.5 Å². The molecule has 2 aliphatic rings. The lowest BCUT2D eigenvalue weighted by atomic mass is 9.89. The molecule has 2 aliphatic heterocycles. The van der Waals surface area contributed by atoms with Crippen LogP contribution in [-0.4, -0.2) is 47.8 Å². The summed E-state index contributed by atoms with van der Waals surface area (Å²) >= 11 is 0. The molecule has 2 saturated heterocycles. The number of nitrogens with two attached hydrogens (primary N) is 1. The maximum Gasteiger partial charge on any atom is 0.257 e. The molecule has 4 rings (SSSR count). The van der Waals surface area contributed by atoms with Crippen molar-refractivity contribution in [2.75, 3.05) is 26.2 Å². The van der Waals surface area contributed by atoms with Crippen LogP contribution in [0.5, 0.6) is 0 Å². The second kappa shape index (κ2) is 7.31. The average molecular weight is 385 g/mol. The number of likely N-dealkylation sites (tertiary alicyclic amines) is 2. The van der Waals surface area contributed by atoms with E-state index in [1.807, 2.05) is 35.2 Å². The standard InChI is InChI=1S/C21H21F2N3O2/c22-17-8-4-7-15(19(17)23)21(28)26-10-14-9-25(12-18(24)27)11-16(14)20(26)13-5-2-1-3-6-13/h1-8,14,16,20H,9-12H2,(H2,24,27)/t14-,16-,20+/m0/s1. The molecule has 146 valence electrons. The number of hydrogen-bond donors (Lipinski definition) is 1. The van der Waals surface area contributed by atoms with Crippen LogP contribution in [0.1, 0.15) is 22.0 Å². The molecule has 3 atom stereocenters. The largest absolute Gasteiger partial charge is 0.369 e. The highest BCUT2D eigenvalue weighted by Crippen LogP contribution is 2.45. The third kappa shape index (κ3) is 3.26. The van der Waals surface area contributed by atoms with Gasteiger partial charge in [-0.3, -0.25) is 14.5 Å². The molecule has 0 aliphatic carbocycles. The van der Waals surface area contributed by atoms with E-state index in [1.54, 1.807) is 4.90 Å². The molecule has 0 spiro atoms. The Bertz CT molecular complexity index is 906. The summed E-state index contributed by atoms with van der Waals surface area (Å²) in [4.78, 5) is 28.1. The molecule has 2 amide bonds. The lowest BCUT2D eigenvalue weighted by Crippen LogP contribution is -2.38. The van der Waals surface area contributed by atoms with E-state index in [1.165, 1.54) is 12.1 Å². The van der Waals surface area contributed by atoms with Crippen LogP contribution in [-0.2, 0) is 4.79 Å².